The molecule has 1 aromatic heterocycles. The number of halogens is 1. The second-order valence-electron chi connectivity index (χ2n) is 3.31. The van der Waals surface area contributed by atoms with Crippen molar-refractivity contribution in [2.24, 2.45) is 0 Å². The molecule has 0 fully saturated rings. The predicted molar refractivity (Wildman–Crippen MR) is 66.7 cm³/mol. The van der Waals surface area contributed by atoms with Crippen LogP contribution in [-0.4, -0.2) is 11.1 Å². The number of furan rings is 1. The Morgan fingerprint density at radius 1 is 1.41 bits per heavy atom. The molecule has 2 rings (SSSR count). The fourth-order valence-corrected chi connectivity index (χ4v) is 2.44. The first-order valence-corrected chi connectivity index (χ1v) is 6.21. The summed E-state index contributed by atoms with van der Waals surface area (Å²) < 4.78 is 5.18. The van der Waals surface area contributed by atoms with Gasteiger partial charge in [-0.05, 0) is 30.3 Å². The number of hydrogen-bond acceptors (Lipinski definition) is 3. The van der Waals surface area contributed by atoms with E-state index >= 15 is 0 Å². The maximum absolute atomic E-state index is 11.0. The van der Waals surface area contributed by atoms with Crippen molar-refractivity contribution in [3.63, 3.8) is 0 Å². The summed E-state index contributed by atoms with van der Waals surface area (Å²) in [6.45, 7) is 0. The van der Waals surface area contributed by atoms with E-state index in [1.54, 1.807) is 24.5 Å². The van der Waals surface area contributed by atoms with Gasteiger partial charge in [0.25, 0.3) is 0 Å². The molecule has 1 N–H and O–H groups in total. The van der Waals surface area contributed by atoms with Crippen LogP contribution in [0, 0.1) is 0 Å². The molecule has 0 aliphatic rings. The van der Waals surface area contributed by atoms with Crippen molar-refractivity contribution in [2.45, 2.75) is 10.6 Å². The Morgan fingerprint density at radius 3 is 2.88 bits per heavy atom. The maximum Gasteiger partial charge on any atom is 0.336 e. The second kappa shape index (κ2) is 5.29. The lowest BCUT2D eigenvalue weighted by Gasteiger charge is -2.05. The molecule has 2 aromatic rings. The highest BCUT2D eigenvalue weighted by Crippen LogP contribution is 2.28. The molecule has 1 aromatic carbocycles. The lowest BCUT2D eigenvalue weighted by Crippen LogP contribution is -1.98. The van der Waals surface area contributed by atoms with E-state index in [-0.39, 0.29) is 5.56 Å². The van der Waals surface area contributed by atoms with Gasteiger partial charge in [0.1, 0.15) is 5.76 Å². The van der Waals surface area contributed by atoms with Crippen LogP contribution in [0.15, 0.2) is 45.9 Å². The molecule has 88 valence electrons. The number of aromatic carboxylic acids is 1. The Kier molecular flexibility index (Phi) is 3.76. The van der Waals surface area contributed by atoms with Gasteiger partial charge in [0.05, 0.1) is 17.6 Å². The van der Waals surface area contributed by atoms with Crippen LogP contribution >= 0.6 is 23.4 Å². The lowest BCUT2D eigenvalue weighted by atomic mass is 10.2. The van der Waals surface area contributed by atoms with Crippen LogP contribution in [-0.2, 0) is 5.75 Å². The van der Waals surface area contributed by atoms with Crippen LogP contribution in [0.2, 0.25) is 5.02 Å². The van der Waals surface area contributed by atoms with Crippen LogP contribution in [0.5, 0.6) is 0 Å². The Hall–Kier alpha value is -1.39. The van der Waals surface area contributed by atoms with E-state index < -0.39 is 5.97 Å². The van der Waals surface area contributed by atoms with Gasteiger partial charge in [-0.25, -0.2) is 4.79 Å². The first-order chi connectivity index (χ1) is 8.16. The molecule has 0 bridgehead atoms. The normalized spacial score (nSPS) is 10.4. The molecule has 5 heteroatoms. The Bertz CT molecular complexity index is 523. The number of benzene rings is 1. The lowest BCUT2D eigenvalue weighted by molar-refractivity contribution is 0.0693. The van der Waals surface area contributed by atoms with Gasteiger partial charge in [0.15, 0.2) is 0 Å². The summed E-state index contributed by atoms with van der Waals surface area (Å²) in [6, 6.07) is 8.49. The number of hydrogen-bond donors (Lipinski definition) is 1. The molecule has 0 saturated heterocycles. The topological polar surface area (TPSA) is 50.4 Å². The largest absolute Gasteiger partial charge is 0.478 e. The number of carboxylic acids is 1. The van der Waals surface area contributed by atoms with Gasteiger partial charge in [0, 0.05) is 9.92 Å². The quantitative estimate of drug-likeness (QED) is 0.854. The first kappa shape index (κ1) is 12.1. The van der Waals surface area contributed by atoms with Crippen LogP contribution in [0.1, 0.15) is 16.1 Å². The van der Waals surface area contributed by atoms with E-state index in [4.69, 9.17) is 21.1 Å². The Labute approximate surface area is 107 Å². The van der Waals surface area contributed by atoms with Gasteiger partial charge >= 0.3 is 5.97 Å². The van der Waals surface area contributed by atoms with E-state index in [2.05, 4.69) is 0 Å². The number of thioether (sulfide) groups is 1. The molecule has 0 radical (unpaired) electrons. The minimum Gasteiger partial charge on any atom is -0.478 e. The highest BCUT2D eigenvalue weighted by Gasteiger charge is 2.11. The highest BCUT2D eigenvalue weighted by atomic mass is 35.5. The van der Waals surface area contributed by atoms with Gasteiger partial charge < -0.3 is 9.52 Å². The van der Waals surface area contributed by atoms with Crippen molar-refractivity contribution in [1.82, 2.24) is 0 Å². The average Bonchev–Trinajstić information content (AvgIpc) is 2.80. The standard InChI is InChI=1S/C12H9ClO3S/c13-8-3-4-11(10(6-8)12(14)15)17-7-9-2-1-5-16-9/h1-6H,7H2,(H,14,15). The third-order valence-corrected chi connectivity index (χ3v) is 3.45. The van der Waals surface area contributed by atoms with Crippen LogP contribution in [0.4, 0.5) is 0 Å². The zero-order valence-corrected chi connectivity index (χ0v) is 10.3. The van der Waals surface area contributed by atoms with Crippen molar-refractivity contribution in [3.8, 4) is 0 Å². The molecule has 0 spiro atoms. The fourth-order valence-electron chi connectivity index (χ4n) is 1.34. The molecule has 0 saturated carbocycles. The molecule has 0 aliphatic heterocycles. The van der Waals surface area contributed by atoms with E-state index in [1.165, 1.54) is 17.8 Å². The summed E-state index contributed by atoms with van der Waals surface area (Å²) >= 11 is 7.18. The summed E-state index contributed by atoms with van der Waals surface area (Å²) in [4.78, 5) is 11.7. The molecule has 0 unspecified atom stereocenters. The third kappa shape index (κ3) is 3.05. The highest BCUT2D eigenvalue weighted by molar-refractivity contribution is 7.98. The molecule has 3 nitrogen and oxygen atoms in total. The van der Waals surface area contributed by atoms with Gasteiger partial charge in [-0.2, -0.15) is 0 Å². The molecular formula is C12H9ClO3S. The van der Waals surface area contributed by atoms with E-state index in [0.717, 1.165) is 5.76 Å². The third-order valence-electron chi connectivity index (χ3n) is 2.12. The maximum atomic E-state index is 11.0. The van der Waals surface area contributed by atoms with Crippen molar-refractivity contribution >= 4 is 29.3 Å². The molecule has 0 atom stereocenters. The summed E-state index contributed by atoms with van der Waals surface area (Å²) in [5.41, 5.74) is 0.217. The zero-order valence-electron chi connectivity index (χ0n) is 8.72. The number of carboxylic acid groups (broad SMARTS) is 1. The molecule has 1 heterocycles. The van der Waals surface area contributed by atoms with Crippen molar-refractivity contribution < 1.29 is 14.3 Å². The summed E-state index contributed by atoms with van der Waals surface area (Å²) in [5, 5.41) is 9.47. The van der Waals surface area contributed by atoms with Crippen LogP contribution in [0.3, 0.4) is 0 Å². The van der Waals surface area contributed by atoms with E-state index in [0.29, 0.717) is 15.7 Å². The smallest absolute Gasteiger partial charge is 0.336 e. The molecule has 0 amide bonds. The van der Waals surface area contributed by atoms with Crippen LogP contribution in [0.25, 0.3) is 0 Å². The SMILES string of the molecule is O=C(O)c1cc(Cl)ccc1SCc1ccco1. The zero-order chi connectivity index (χ0) is 12.3. The average molecular weight is 269 g/mol. The Morgan fingerprint density at radius 2 is 2.24 bits per heavy atom. The van der Waals surface area contributed by atoms with E-state index in [9.17, 15) is 4.79 Å². The van der Waals surface area contributed by atoms with Crippen molar-refractivity contribution in [1.29, 1.82) is 0 Å². The predicted octanol–water partition coefficient (Wildman–Crippen LogP) is 3.92. The number of carbonyl (C=O) groups is 1. The monoisotopic (exact) mass is 268 g/mol. The van der Waals surface area contributed by atoms with Gasteiger partial charge in [0.2, 0.25) is 0 Å². The fraction of sp³-hybridized carbons (Fsp3) is 0.0833. The summed E-state index contributed by atoms with van der Waals surface area (Å²) in [5.74, 6) is 0.422. The molecule has 17 heavy (non-hydrogen) atoms. The van der Waals surface area contributed by atoms with Gasteiger partial charge in [-0.1, -0.05) is 11.6 Å². The van der Waals surface area contributed by atoms with Gasteiger partial charge in [-0.15, -0.1) is 11.8 Å². The van der Waals surface area contributed by atoms with Gasteiger partial charge in [-0.3, -0.25) is 0 Å². The van der Waals surface area contributed by atoms with Crippen LogP contribution < -0.4 is 0 Å². The summed E-state index contributed by atoms with van der Waals surface area (Å²) in [7, 11) is 0. The Balaban J connectivity index is 2.17. The minimum atomic E-state index is -0.977. The molecular weight excluding hydrogens is 260 g/mol. The minimum absolute atomic E-state index is 0.217. The van der Waals surface area contributed by atoms with E-state index in [1.807, 2.05) is 6.07 Å². The molecule has 0 aliphatic carbocycles. The second-order valence-corrected chi connectivity index (χ2v) is 4.77. The summed E-state index contributed by atoms with van der Waals surface area (Å²) in [6.07, 6.45) is 1.59. The first-order valence-electron chi connectivity index (χ1n) is 4.85. The van der Waals surface area contributed by atoms with Crippen molar-refractivity contribution in [3.05, 3.63) is 52.9 Å². The number of rotatable bonds is 4. The van der Waals surface area contributed by atoms with Crippen molar-refractivity contribution in [2.75, 3.05) is 0 Å².